The van der Waals surface area contributed by atoms with E-state index in [2.05, 4.69) is 20.9 Å². The zero-order chi connectivity index (χ0) is 20.9. The van der Waals surface area contributed by atoms with Gasteiger partial charge in [-0.2, -0.15) is 0 Å². The number of benzene rings is 2. The Kier molecular flexibility index (Phi) is 6.35. The van der Waals surface area contributed by atoms with Gasteiger partial charge >= 0.3 is 0 Å². The van der Waals surface area contributed by atoms with Crippen LogP contribution in [0.25, 0.3) is 10.8 Å². The summed E-state index contributed by atoms with van der Waals surface area (Å²) in [5, 5.41) is 5.12. The molecule has 2 aromatic carbocycles. The van der Waals surface area contributed by atoms with Gasteiger partial charge in [-0.1, -0.05) is 30.3 Å². The van der Waals surface area contributed by atoms with E-state index in [0.29, 0.717) is 37.7 Å². The molecule has 0 saturated carbocycles. The molecule has 0 bridgehead atoms. The van der Waals surface area contributed by atoms with E-state index in [1.165, 1.54) is 5.69 Å². The van der Waals surface area contributed by atoms with Gasteiger partial charge in [0.1, 0.15) is 5.75 Å². The van der Waals surface area contributed by atoms with Crippen LogP contribution in [0, 0.1) is 0 Å². The smallest absolute Gasteiger partial charge is 0.255 e. The van der Waals surface area contributed by atoms with Crippen molar-refractivity contribution in [3.8, 4) is 5.75 Å². The zero-order valence-corrected chi connectivity index (χ0v) is 17.6. The van der Waals surface area contributed by atoms with Crippen LogP contribution in [0.15, 0.2) is 54.7 Å². The fourth-order valence-corrected chi connectivity index (χ4v) is 4.17. The van der Waals surface area contributed by atoms with Gasteiger partial charge in [-0.3, -0.25) is 9.69 Å². The molecule has 3 aromatic rings. The molecule has 1 aliphatic rings. The highest BCUT2D eigenvalue weighted by Crippen LogP contribution is 2.29. The molecule has 2 heterocycles. The minimum atomic E-state index is -0.109. The third-order valence-corrected chi connectivity index (χ3v) is 5.69. The van der Waals surface area contributed by atoms with Crippen molar-refractivity contribution in [1.29, 1.82) is 0 Å². The van der Waals surface area contributed by atoms with Gasteiger partial charge in [0.15, 0.2) is 0 Å². The Morgan fingerprint density at radius 2 is 1.93 bits per heavy atom. The number of fused-ring (bicyclic) bond motifs is 1. The van der Waals surface area contributed by atoms with Crippen molar-refractivity contribution in [1.82, 2.24) is 14.8 Å². The summed E-state index contributed by atoms with van der Waals surface area (Å²) in [4.78, 5) is 15.7. The lowest BCUT2D eigenvalue weighted by Crippen LogP contribution is -2.44. The Bertz CT molecular complexity index is 1010. The molecule has 1 unspecified atom stereocenters. The molecule has 1 N–H and O–H groups in total. The number of rotatable bonds is 7. The summed E-state index contributed by atoms with van der Waals surface area (Å²) in [5.41, 5.74) is 1.78. The Morgan fingerprint density at radius 3 is 2.67 bits per heavy atom. The van der Waals surface area contributed by atoms with E-state index < -0.39 is 0 Å². The van der Waals surface area contributed by atoms with E-state index >= 15 is 0 Å². The summed E-state index contributed by atoms with van der Waals surface area (Å²) < 4.78 is 13.4. The van der Waals surface area contributed by atoms with Crippen LogP contribution >= 0.6 is 0 Å². The van der Waals surface area contributed by atoms with Crippen LogP contribution in [0.1, 0.15) is 29.0 Å². The molecule has 1 aromatic heterocycles. The average Bonchev–Trinajstić information content (AvgIpc) is 3.20. The number of nitrogens with one attached hydrogen (secondary N) is 1. The average molecular weight is 408 g/mol. The van der Waals surface area contributed by atoms with Crippen LogP contribution in [-0.2, 0) is 11.8 Å². The highest BCUT2D eigenvalue weighted by Gasteiger charge is 2.26. The van der Waals surface area contributed by atoms with Crippen molar-refractivity contribution in [3.05, 3.63) is 66.0 Å². The third-order valence-electron chi connectivity index (χ3n) is 5.69. The van der Waals surface area contributed by atoms with Crippen molar-refractivity contribution in [3.63, 3.8) is 0 Å². The van der Waals surface area contributed by atoms with Crippen LogP contribution < -0.4 is 10.1 Å². The van der Waals surface area contributed by atoms with Gasteiger partial charge < -0.3 is 19.4 Å². The normalized spacial score (nSPS) is 15.8. The molecule has 0 radical (unpaired) electrons. The highest BCUT2D eigenvalue weighted by atomic mass is 16.5. The monoisotopic (exact) mass is 407 g/mol. The topological polar surface area (TPSA) is 55.7 Å². The summed E-state index contributed by atoms with van der Waals surface area (Å²) in [7, 11) is 2.04. The number of hydrogen-bond donors (Lipinski definition) is 1. The molecular formula is C24H29N3O3. The van der Waals surface area contributed by atoms with E-state index in [1.54, 1.807) is 0 Å². The first-order valence-electron chi connectivity index (χ1n) is 10.5. The van der Waals surface area contributed by atoms with Gasteiger partial charge in [0, 0.05) is 38.6 Å². The molecule has 30 heavy (non-hydrogen) atoms. The second-order valence-electron chi connectivity index (χ2n) is 7.51. The van der Waals surface area contributed by atoms with Crippen molar-refractivity contribution in [2.75, 3.05) is 39.5 Å². The number of nitrogens with zero attached hydrogens (tertiary/aromatic N) is 2. The van der Waals surface area contributed by atoms with E-state index in [-0.39, 0.29) is 11.9 Å². The Morgan fingerprint density at radius 1 is 1.13 bits per heavy atom. The fourth-order valence-electron chi connectivity index (χ4n) is 4.17. The maximum Gasteiger partial charge on any atom is 0.255 e. The third kappa shape index (κ3) is 4.20. The van der Waals surface area contributed by atoms with Gasteiger partial charge in [-0.25, -0.2) is 0 Å². The predicted octanol–water partition coefficient (Wildman–Crippen LogP) is 3.38. The van der Waals surface area contributed by atoms with E-state index in [1.807, 2.05) is 62.6 Å². The number of hydrogen-bond acceptors (Lipinski definition) is 4. The molecule has 1 saturated heterocycles. The summed E-state index contributed by atoms with van der Waals surface area (Å²) in [6.45, 7) is 6.10. The van der Waals surface area contributed by atoms with Crippen LogP contribution in [0.4, 0.5) is 0 Å². The molecule has 6 nitrogen and oxygen atoms in total. The standard InChI is InChI=1S/C24H29N3O3/c1-3-30-22-11-10-18-7-4-5-8-19(18)23(22)24(28)25-17-21(20-9-6-12-26(20)2)27-13-15-29-16-14-27/h4-12,21H,3,13-17H2,1-2H3,(H,25,28). The first-order valence-corrected chi connectivity index (χ1v) is 10.5. The summed E-state index contributed by atoms with van der Waals surface area (Å²) >= 11 is 0. The van der Waals surface area contributed by atoms with Gasteiger partial charge in [0.05, 0.1) is 31.4 Å². The molecule has 1 atom stereocenters. The van der Waals surface area contributed by atoms with Gasteiger partial charge in [-0.05, 0) is 35.9 Å². The molecule has 0 aliphatic carbocycles. The maximum atomic E-state index is 13.4. The van der Waals surface area contributed by atoms with Crippen molar-refractivity contribution < 1.29 is 14.3 Å². The predicted molar refractivity (Wildman–Crippen MR) is 118 cm³/mol. The Balaban J connectivity index is 1.61. The number of ether oxygens (including phenoxy) is 2. The summed E-state index contributed by atoms with van der Waals surface area (Å²) in [6.07, 6.45) is 2.04. The fraction of sp³-hybridized carbons (Fsp3) is 0.375. The number of carbonyl (C=O) groups excluding carboxylic acids is 1. The molecule has 0 spiro atoms. The molecule has 158 valence electrons. The van der Waals surface area contributed by atoms with E-state index in [9.17, 15) is 4.79 Å². The highest BCUT2D eigenvalue weighted by molar-refractivity contribution is 6.09. The van der Waals surface area contributed by atoms with E-state index in [4.69, 9.17) is 9.47 Å². The van der Waals surface area contributed by atoms with Gasteiger partial charge in [-0.15, -0.1) is 0 Å². The van der Waals surface area contributed by atoms with Gasteiger partial charge in [0.2, 0.25) is 0 Å². The number of morpholine rings is 1. The summed E-state index contributed by atoms with van der Waals surface area (Å²) in [5.74, 6) is 0.512. The molecule has 6 heteroatoms. The van der Waals surface area contributed by atoms with E-state index in [0.717, 1.165) is 23.9 Å². The molecule has 1 aliphatic heterocycles. The number of carbonyl (C=O) groups is 1. The first kappa shape index (κ1) is 20.4. The van der Waals surface area contributed by atoms with Gasteiger partial charge in [0.25, 0.3) is 5.91 Å². The second kappa shape index (κ2) is 9.32. The number of aryl methyl sites for hydroxylation is 1. The van der Waals surface area contributed by atoms with Crippen molar-refractivity contribution in [2.24, 2.45) is 7.05 Å². The van der Waals surface area contributed by atoms with Crippen LogP contribution in [-0.4, -0.2) is 54.8 Å². The number of amides is 1. The number of aromatic nitrogens is 1. The minimum Gasteiger partial charge on any atom is -0.493 e. The lowest BCUT2D eigenvalue weighted by atomic mass is 10.0. The minimum absolute atomic E-state index is 0.0865. The van der Waals surface area contributed by atoms with Crippen LogP contribution in [0.3, 0.4) is 0 Å². The molecular weight excluding hydrogens is 378 g/mol. The van der Waals surface area contributed by atoms with Crippen LogP contribution in [0.5, 0.6) is 5.75 Å². The Hall–Kier alpha value is -2.83. The van der Waals surface area contributed by atoms with Crippen LogP contribution in [0.2, 0.25) is 0 Å². The quantitative estimate of drug-likeness (QED) is 0.652. The summed E-state index contributed by atoms with van der Waals surface area (Å²) in [6, 6.07) is 16.1. The largest absolute Gasteiger partial charge is 0.493 e. The lowest BCUT2D eigenvalue weighted by Gasteiger charge is -2.35. The first-order chi connectivity index (χ1) is 14.7. The maximum absolute atomic E-state index is 13.4. The second-order valence-corrected chi connectivity index (χ2v) is 7.51. The SMILES string of the molecule is CCOc1ccc2ccccc2c1C(=O)NCC(c1cccn1C)N1CCOCC1. The molecule has 1 amide bonds. The Labute approximate surface area is 177 Å². The molecule has 4 rings (SSSR count). The lowest BCUT2D eigenvalue weighted by molar-refractivity contribution is 0.0148. The van der Waals surface area contributed by atoms with Crippen molar-refractivity contribution >= 4 is 16.7 Å². The van der Waals surface area contributed by atoms with Crippen molar-refractivity contribution in [2.45, 2.75) is 13.0 Å². The zero-order valence-electron chi connectivity index (χ0n) is 17.6. The molecule has 1 fully saturated rings.